The second-order valence-electron chi connectivity index (χ2n) is 5.22. The van der Waals surface area contributed by atoms with Gasteiger partial charge in [0.15, 0.2) is 5.05 Å². The maximum atomic E-state index is 12.9. The number of hydrogen-bond acceptors (Lipinski definition) is 2. The smallest absolute Gasteiger partial charge is 0.257 e. The number of amides is 1. The summed E-state index contributed by atoms with van der Waals surface area (Å²) < 4.78 is 0. The van der Waals surface area contributed by atoms with Crippen molar-refractivity contribution in [1.82, 2.24) is 0 Å². The summed E-state index contributed by atoms with van der Waals surface area (Å²) in [6.45, 7) is 0. The van der Waals surface area contributed by atoms with Crippen LogP contribution in [0.4, 0.5) is 5.69 Å². The lowest BCUT2D eigenvalue weighted by atomic mass is 9.95. The van der Waals surface area contributed by atoms with E-state index in [-0.39, 0.29) is 11.0 Å². The zero-order chi connectivity index (χ0) is 16.9. The van der Waals surface area contributed by atoms with E-state index in [1.54, 1.807) is 24.3 Å². The monoisotopic (exact) mass is 333 g/mol. The number of aliphatic hydroxyl groups excluding tert-OH is 1. The number of anilines is 1. The minimum atomic E-state index is -0.313. The molecule has 3 nitrogen and oxygen atoms in total. The molecule has 118 valence electrons. The summed E-state index contributed by atoms with van der Waals surface area (Å²) in [7, 11) is 0. The number of thiocarbonyl (C=S) groups is 1. The maximum absolute atomic E-state index is 12.9. The molecular weight excluding hydrogens is 318 g/mol. The average Bonchev–Trinajstić information content (AvgIpc) is 2.62. The van der Waals surface area contributed by atoms with Crippen molar-refractivity contribution < 1.29 is 9.90 Å². The van der Waals surface area contributed by atoms with E-state index in [0.717, 1.165) is 11.1 Å². The largest absolute Gasteiger partial charge is 0.499 e. The van der Waals surface area contributed by atoms with E-state index >= 15 is 0 Å². The van der Waals surface area contributed by atoms with Gasteiger partial charge in [-0.1, -0.05) is 60.7 Å². The average molecular weight is 333 g/mol. The number of carbonyl (C=O) groups excluding carboxylic acids is 1. The molecule has 0 atom stereocenters. The predicted octanol–water partition coefficient (Wildman–Crippen LogP) is 4.84. The predicted molar refractivity (Wildman–Crippen MR) is 101 cm³/mol. The molecule has 0 radical (unpaired) electrons. The van der Waals surface area contributed by atoms with Gasteiger partial charge in [0.1, 0.15) is 0 Å². The Bertz CT molecular complexity index is 877. The van der Waals surface area contributed by atoms with Crippen LogP contribution in [-0.4, -0.2) is 16.1 Å². The summed E-state index contributed by atoms with van der Waals surface area (Å²) in [6, 6.07) is 24.0. The SMILES string of the molecule is O=C(Nc1ccccc1)c1c(C(O)=S)cccc1-c1ccccc1. The van der Waals surface area contributed by atoms with Gasteiger partial charge in [-0.2, -0.15) is 0 Å². The number of carbonyl (C=O) groups is 1. The van der Waals surface area contributed by atoms with Gasteiger partial charge in [0, 0.05) is 11.3 Å². The molecule has 0 aliphatic carbocycles. The van der Waals surface area contributed by atoms with Gasteiger partial charge >= 0.3 is 0 Å². The third-order valence-corrected chi connectivity index (χ3v) is 3.86. The van der Waals surface area contributed by atoms with Crippen LogP contribution < -0.4 is 5.32 Å². The van der Waals surface area contributed by atoms with Crippen LogP contribution in [0.2, 0.25) is 0 Å². The normalized spacial score (nSPS) is 10.2. The molecule has 0 aliphatic rings. The first-order chi connectivity index (χ1) is 11.7. The lowest BCUT2D eigenvalue weighted by Gasteiger charge is -2.14. The molecule has 0 heterocycles. The minimum Gasteiger partial charge on any atom is -0.499 e. The Kier molecular flexibility index (Phi) is 4.68. The molecule has 2 N–H and O–H groups in total. The molecule has 4 heteroatoms. The highest BCUT2D eigenvalue weighted by Gasteiger charge is 2.19. The second-order valence-corrected chi connectivity index (χ2v) is 5.61. The molecule has 0 saturated carbocycles. The van der Waals surface area contributed by atoms with Gasteiger partial charge in [-0.25, -0.2) is 0 Å². The third-order valence-electron chi connectivity index (χ3n) is 3.64. The van der Waals surface area contributed by atoms with Crippen molar-refractivity contribution in [3.63, 3.8) is 0 Å². The first kappa shape index (κ1) is 15.9. The molecule has 0 saturated heterocycles. The summed E-state index contributed by atoms with van der Waals surface area (Å²) in [5.41, 5.74) is 2.99. The van der Waals surface area contributed by atoms with Crippen LogP contribution in [0.15, 0.2) is 78.9 Å². The van der Waals surface area contributed by atoms with Crippen molar-refractivity contribution >= 4 is 28.9 Å². The Balaban J connectivity index is 2.10. The van der Waals surface area contributed by atoms with Crippen molar-refractivity contribution in [2.75, 3.05) is 5.32 Å². The first-order valence-corrected chi connectivity index (χ1v) is 7.86. The van der Waals surface area contributed by atoms with Crippen LogP contribution >= 0.6 is 12.2 Å². The zero-order valence-electron chi connectivity index (χ0n) is 12.8. The summed E-state index contributed by atoms with van der Waals surface area (Å²) in [6.07, 6.45) is 0. The minimum absolute atomic E-state index is 0.300. The molecule has 1 amide bonds. The fourth-order valence-corrected chi connectivity index (χ4v) is 2.72. The van der Waals surface area contributed by atoms with Gasteiger partial charge in [0.2, 0.25) is 0 Å². The Labute approximate surface area is 145 Å². The van der Waals surface area contributed by atoms with Crippen molar-refractivity contribution in [1.29, 1.82) is 0 Å². The standard InChI is InChI=1S/C20H15NO2S/c22-19(21-15-10-5-2-6-11-15)18-16(14-8-3-1-4-9-14)12-7-13-17(18)20(23)24/h1-13H,(H,21,22)(H,23,24). The number of nitrogens with one attached hydrogen (secondary N) is 1. The van der Waals surface area contributed by atoms with Crippen LogP contribution in [0.3, 0.4) is 0 Å². The van der Waals surface area contributed by atoms with Crippen LogP contribution in [-0.2, 0) is 0 Å². The van der Waals surface area contributed by atoms with Crippen molar-refractivity contribution in [2.24, 2.45) is 0 Å². The van der Waals surface area contributed by atoms with Crippen molar-refractivity contribution in [2.45, 2.75) is 0 Å². The molecule has 3 rings (SSSR count). The van der Waals surface area contributed by atoms with E-state index < -0.39 is 0 Å². The third kappa shape index (κ3) is 3.34. The van der Waals surface area contributed by atoms with Crippen molar-refractivity contribution in [3.8, 4) is 11.1 Å². The topological polar surface area (TPSA) is 49.3 Å². The van der Waals surface area contributed by atoms with E-state index in [4.69, 9.17) is 12.2 Å². The van der Waals surface area contributed by atoms with Crippen LogP contribution in [0.1, 0.15) is 15.9 Å². The highest BCUT2D eigenvalue weighted by atomic mass is 32.1. The highest BCUT2D eigenvalue weighted by Crippen LogP contribution is 2.27. The van der Waals surface area contributed by atoms with E-state index in [1.165, 1.54) is 0 Å². The number of para-hydroxylation sites is 1. The van der Waals surface area contributed by atoms with Gasteiger partial charge in [-0.05, 0) is 41.5 Å². The first-order valence-electron chi connectivity index (χ1n) is 7.45. The molecule has 3 aromatic carbocycles. The Morgan fingerprint density at radius 3 is 2.08 bits per heavy atom. The fraction of sp³-hybridized carbons (Fsp3) is 0. The molecule has 0 aromatic heterocycles. The van der Waals surface area contributed by atoms with E-state index in [2.05, 4.69) is 5.32 Å². The van der Waals surface area contributed by atoms with Crippen LogP contribution in [0.5, 0.6) is 0 Å². The summed E-state index contributed by atoms with van der Waals surface area (Å²) >= 11 is 4.92. The number of hydrogen-bond donors (Lipinski definition) is 2. The van der Waals surface area contributed by atoms with E-state index in [1.807, 2.05) is 54.6 Å². The molecule has 24 heavy (non-hydrogen) atoms. The molecule has 0 aliphatic heterocycles. The molecule has 0 unspecified atom stereocenters. The fourth-order valence-electron chi connectivity index (χ4n) is 2.55. The molecular formula is C20H15NO2S. The summed E-state index contributed by atoms with van der Waals surface area (Å²) in [5, 5.41) is 12.4. The van der Waals surface area contributed by atoms with E-state index in [0.29, 0.717) is 16.8 Å². The van der Waals surface area contributed by atoms with Crippen LogP contribution in [0.25, 0.3) is 11.1 Å². The lowest BCUT2D eigenvalue weighted by Crippen LogP contribution is -2.17. The Morgan fingerprint density at radius 2 is 1.46 bits per heavy atom. The molecule has 0 bridgehead atoms. The van der Waals surface area contributed by atoms with Gasteiger partial charge in [0.25, 0.3) is 5.91 Å². The quantitative estimate of drug-likeness (QED) is 0.672. The lowest BCUT2D eigenvalue weighted by molar-refractivity contribution is 0.102. The maximum Gasteiger partial charge on any atom is 0.257 e. The molecule has 0 spiro atoms. The number of rotatable bonds is 4. The molecule has 0 fully saturated rings. The zero-order valence-corrected chi connectivity index (χ0v) is 13.6. The van der Waals surface area contributed by atoms with Gasteiger partial charge in [-0.15, -0.1) is 0 Å². The highest BCUT2D eigenvalue weighted by molar-refractivity contribution is 7.80. The van der Waals surface area contributed by atoms with Crippen LogP contribution in [0, 0.1) is 0 Å². The second kappa shape index (κ2) is 7.06. The van der Waals surface area contributed by atoms with Crippen molar-refractivity contribution in [3.05, 3.63) is 90.0 Å². The van der Waals surface area contributed by atoms with E-state index in [9.17, 15) is 9.90 Å². The number of aliphatic hydroxyl groups is 1. The van der Waals surface area contributed by atoms with Gasteiger partial charge in [0.05, 0.1) is 5.56 Å². The Hall–Kier alpha value is -2.98. The van der Waals surface area contributed by atoms with Gasteiger partial charge in [-0.3, -0.25) is 4.79 Å². The number of benzene rings is 3. The molecule has 3 aromatic rings. The summed E-state index contributed by atoms with van der Waals surface area (Å²) in [4.78, 5) is 12.9. The Morgan fingerprint density at radius 1 is 0.833 bits per heavy atom. The summed E-state index contributed by atoms with van der Waals surface area (Å²) in [5.74, 6) is -0.313. The van der Waals surface area contributed by atoms with Gasteiger partial charge < -0.3 is 10.4 Å².